The average Bonchev–Trinajstić information content (AvgIpc) is 2.93. The van der Waals surface area contributed by atoms with E-state index in [0.717, 1.165) is 6.42 Å². The maximum Gasteiger partial charge on any atom is 0.260 e. The van der Waals surface area contributed by atoms with E-state index < -0.39 is 11.5 Å². The van der Waals surface area contributed by atoms with Gasteiger partial charge < -0.3 is 15.2 Å². The van der Waals surface area contributed by atoms with Gasteiger partial charge >= 0.3 is 0 Å². The topological polar surface area (TPSA) is 82.3 Å². The third kappa shape index (κ3) is 4.15. The van der Waals surface area contributed by atoms with E-state index in [-0.39, 0.29) is 23.9 Å². The molecule has 2 amide bonds. The Morgan fingerprint density at radius 1 is 1.20 bits per heavy atom. The zero-order valence-electron chi connectivity index (χ0n) is 14.1. The van der Waals surface area contributed by atoms with Gasteiger partial charge in [0.15, 0.2) is 0 Å². The molecule has 2 N–H and O–H groups in total. The number of hydrogen-bond acceptors (Lipinski definition) is 3. The summed E-state index contributed by atoms with van der Waals surface area (Å²) in [5.41, 5.74) is 1.53. The van der Waals surface area contributed by atoms with Crippen LogP contribution in [-0.4, -0.2) is 40.8 Å². The maximum absolute atomic E-state index is 12.3. The van der Waals surface area contributed by atoms with Crippen molar-refractivity contribution in [3.05, 3.63) is 69.6 Å². The molecule has 2 heterocycles. The molecule has 1 aromatic heterocycles. The van der Waals surface area contributed by atoms with Crippen molar-refractivity contribution >= 4 is 11.8 Å². The zero-order valence-corrected chi connectivity index (χ0v) is 14.1. The number of nitrogens with one attached hydrogen (secondary N) is 2. The largest absolute Gasteiger partial charge is 0.347 e. The zero-order chi connectivity index (χ0) is 17.8. The summed E-state index contributed by atoms with van der Waals surface area (Å²) in [4.78, 5) is 40.6. The normalized spacial score (nSPS) is 16.9. The molecule has 0 bridgehead atoms. The molecule has 6 nitrogen and oxygen atoms in total. The maximum atomic E-state index is 12.3. The third-order valence-electron chi connectivity index (χ3n) is 4.36. The summed E-state index contributed by atoms with van der Waals surface area (Å²) in [5, 5.41) is 2.79. The smallest absolute Gasteiger partial charge is 0.260 e. The van der Waals surface area contributed by atoms with Crippen LogP contribution in [0.4, 0.5) is 0 Å². The Labute approximate surface area is 145 Å². The number of carbonyl (C=O) groups is 2. The van der Waals surface area contributed by atoms with Crippen molar-refractivity contribution < 1.29 is 9.59 Å². The van der Waals surface area contributed by atoms with Crippen LogP contribution >= 0.6 is 0 Å². The minimum Gasteiger partial charge on any atom is -0.347 e. The van der Waals surface area contributed by atoms with Crippen LogP contribution in [0.1, 0.15) is 28.0 Å². The van der Waals surface area contributed by atoms with Gasteiger partial charge in [0, 0.05) is 25.2 Å². The van der Waals surface area contributed by atoms with Gasteiger partial charge in [0.1, 0.15) is 5.56 Å². The fourth-order valence-electron chi connectivity index (χ4n) is 3.01. The van der Waals surface area contributed by atoms with Gasteiger partial charge in [-0.05, 0) is 31.0 Å². The number of amides is 2. The lowest BCUT2D eigenvalue weighted by Crippen LogP contribution is -2.39. The number of nitrogens with zero attached hydrogens (tertiary/aromatic N) is 1. The summed E-state index contributed by atoms with van der Waals surface area (Å²) in [6, 6.07) is 12.9. The van der Waals surface area contributed by atoms with Crippen LogP contribution in [0, 0.1) is 6.92 Å². The fourth-order valence-corrected chi connectivity index (χ4v) is 3.01. The first-order valence-electron chi connectivity index (χ1n) is 8.35. The quantitative estimate of drug-likeness (QED) is 0.860. The first-order valence-corrected chi connectivity index (χ1v) is 8.35. The van der Waals surface area contributed by atoms with Crippen LogP contribution in [0.2, 0.25) is 0 Å². The van der Waals surface area contributed by atoms with Gasteiger partial charge in [-0.3, -0.25) is 14.4 Å². The van der Waals surface area contributed by atoms with Crippen molar-refractivity contribution in [1.29, 1.82) is 0 Å². The first-order chi connectivity index (χ1) is 12.0. The highest BCUT2D eigenvalue weighted by Gasteiger charge is 2.30. The highest BCUT2D eigenvalue weighted by molar-refractivity contribution is 5.94. The monoisotopic (exact) mass is 339 g/mol. The van der Waals surface area contributed by atoms with Crippen molar-refractivity contribution in [3.63, 3.8) is 0 Å². The van der Waals surface area contributed by atoms with E-state index in [9.17, 15) is 14.4 Å². The molecular formula is C19H21N3O3. The van der Waals surface area contributed by atoms with Crippen LogP contribution < -0.4 is 10.9 Å². The van der Waals surface area contributed by atoms with E-state index in [4.69, 9.17) is 0 Å². The molecule has 25 heavy (non-hydrogen) atoms. The second-order valence-electron chi connectivity index (χ2n) is 6.33. The van der Waals surface area contributed by atoms with Gasteiger partial charge in [-0.1, -0.05) is 30.3 Å². The standard InChI is InChI=1S/C19H21N3O3/c1-13-7-8-16(18(24)20-13)19(25)21-15-11-17(23)22(12-15)10-9-14-5-3-2-4-6-14/h2-8,15H,9-12H2,1H3,(H,20,24)(H,21,25)/t15-/m1/s1. The average molecular weight is 339 g/mol. The molecule has 0 unspecified atom stereocenters. The molecular weight excluding hydrogens is 318 g/mol. The van der Waals surface area contributed by atoms with Gasteiger partial charge in [-0.2, -0.15) is 0 Å². The molecule has 1 fully saturated rings. The Bertz CT molecular complexity index is 829. The molecule has 0 saturated carbocycles. The number of hydrogen-bond donors (Lipinski definition) is 2. The highest BCUT2D eigenvalue weighted by atomic mass is 16.2. The second kappa shape index (κ2) is 7.34. The number of aromatic amines is 1. The van der Waals surface area contributed by atoms with E-state index >= 15 is 0 Å². The van der Waals surface area contributed by atoms with Crippen LogP contribution in [0.5, 0.6) is 0 Å². The number of pyridine rings is 1. The predicted molar refractivity (Wildman–Crippen MR) is 94.4 cm³/mol. The van der Waals surface area contributed by atoms with Crippen molar-refractivity contribution in [1.82, 2.24) is 15.2 Å². The van der Waals surface area contributed by atoms with Crippen LogP contribution in [0.3, 0.4) is 0 Å². The Hall–Kier alpha value is -2.89. The molecule has 1 atom stereocenters. The highest BCUT2D eigenvalue weighted by Crippen LogP contribution is 2.13. The number of H-pyrrole nitrogens is 1. The summed E-state index contributed by atoms with van der Waals surface area (Å²) in [7, 11) is 0. The molecule has 1 aliphatic heterocycles. The Morgan fingerprint density at radius 3 is 2.68 bits per heavy atom. The van der Waals surface area contributed by atoms with E-state index in [1.807, 2.05) is 30.3 Å². The molecule has 6 heteroatoms. The van der Waals surface area contributed by atoms with E-state index in [1.165, 1.54) is 11.6 Å². The van der Waals surface area contributed by atoms with E-state index in [2.05, 4.69) is 10.3 Å². The number of rotatable bonds is 5. The molecule has 0 aliphatic carbocycles. The molecule has 3 rings (SSSR count). The van der Waals surface area contributed by atoms with Gasteiger partial charge in [0.25, 0.3) is 11.5 Å². The van der Waals surface area contributed by atoms with Gasteiger partial charge in [0.05, 0.1) is 6.04 Å². The number of carbonyl (C=O) groups excluding carboxylic acids is 2. The van der Waals surface area contributed by atoms with Crippen molar-refractivity contribution in [2.24, 2.45) is 0 Å². The number of benzene rings is 1. The second-order valence-corrected chi connectivity index (χ2v) is 6.33. The van der Waals surface area contributed by atoms with Crippen molar-refractivity contribution in [2.45, 2.75) is 25.8 Å². The van der Waals surface area contributed by atoms with Crippen LogP contribution in [-0.2, 0) is 11.2 Å². The van der Waals surface area contributed by atoms with E-state index in [0.29, 0.717) is 18.8 Å². The summed E-state index contributed by atoms with van der Waals surface area (Å²) in [6.07, 6.45) is 1.05. The van der Waals surface area contributed by atoms with Gasteiger partial charge in [-0.25, -0.2) is 0 Å². The van der Waals surface area contributed by atoms with Gasteiger partial charge in [0.2, 0.25) is 5.91 Å². The lowest BCUT2D eigenvalue weighted by molar-refractivity contribution is -0.127. The minimum absolute atomic E-state index is 0.0269. The lowest BCUT2D eigenvalue weighted by atomic mass is 10.1. The molecule has 0 spiro atoms. The Morgan fingerprint density at radius 2 is 1.96 bits per heavy atom. The van der Waals surface area contributed by atoms with Gasteiger partial charge in [-0.15, -0.1) is 0 Å². The summed E-state index contributed by atoms with van der Waals surface area (Å²) >= 11 is 0. The number of likely N-dealkylation sites (tertiary alicyclic amines) is 1. The van der Waals surface area contributed by atoms with Crippen molar-refractivity contribution in [3.8, 4) is 0 Å². The molecule has 130 valence electrons. The molecule has 1 aliphatic rings. The van der Waals surface area contributed by atoms with Crippen molar-refractivity contribution in [2.75, 3.05) is 13.1 Å². The summed E-state index contributed by atoms with van der Waals surface area (Å²) < 4.78 is 0. The Balaban J connectivity index is 1.57. The lowest BCUT2D eigenvalue weighted by Gasteiger charge is -2.17. The van der Waals surface area contributed by atoms with Crippen LogP contribution in [0.25, 0.3) is 0 Å². The fraction of sp³-hybridized carbons (Fsp3) is 0.316. The third-order valence-corrected chi connectivity index (χ3v) is 4.36. The molecule has 2 aromatic rings. The SMILES string of the molecule is Cc1ccc(C(=O)N[C@@H]2CC(=O)N(CCc3ccccc3)C2)c(=O)[nH]1. The first kappa shape index (κ1) is 17.0. The number of aromatic nitrogens is 1. The molecule has 1 aromatic carbocycles. The summed E-state index contributed by atoms with van der Waals surface area (Å²) in [5.74, 6) is -0.414. The van der Waals surface area contributed by atoms with E-state index in [1.54, 1.807) is 17.9 Å². The Kier molecular flexibility index (Phi) is 4.97. The predicted octanol–water partition coefficient (Wildman–Crippen LogP) is 1.26. The molecule has 1 saturated heterocycles. The number of aryl methyl sites for hydroxylation is 1. The summed E-state index contributed by atoms with van der Waals surface area (Å²) in [6.45, 7) is 2.85. The van der Waals surface area contributed by atoms with Crippen LogP contribution in [0.15, 0.2) is 47.3 Å². The molecule has 0 radical (unpaired) electrons. The minimum atomic E-state index is -0.441.